The number of benzene rings is 1. The van der Waals surface area contributed by atoms with E-state index in [0.29, 0.717) is 0 Å². The molecule has 1 amide bonds. The molecule has 0 spiro atoms. The van der Waals surface area contributed by atoms with E-state index in [2.05, 4.69) is 10.4 Å². The van der Waals surface area contributed by atoms with Gasteiger partial charge in [0.2, 0.25) is 5.91 Å². The summed E-state index contributed by atoms with van der Waals surface area (Å²) in [7, 11) is 0. The normalized spacial score (nSPS) is 14.3. The summed E-state index contributed by atoms with van der Waals surface area (Å²) in [5.41, 5.74) is 2.50. The van der Waals surface area contributed by atoms with E-state index in [4.69, 9.17) is 0 Å². The number of fused-ring (bicyclic) bond motifs is 1. The van der Waals surface area contributed by atoms with Crippen molar-refractivity contribution in [2.24, 2.45) is 0 Å². The lowest BCUT2D eigenvalue weighted by molar-refractivity contribution is -0.119. The summed E-state index contributed by atoms with van der Waals surface area (Å²) in [4.78, 5) is 25.7. The largest absolute Gasteiger partial charge is 0.323 e. The van der Waals surface area contributed by atoms with Gasteiger partial charge in [0.05, 0.1) is 11.4 Å². The summed E-state index contributed by atoms with van der Waals surface area (Å²) in [5.74, 6) is -0.237. The van der Waals surface area contributed by atoms with Crippen LogP contribution in [0.5, 0.6) is 0 Å². The zero-order valence-corrected chi connectivity index (χ0v) is 14.0. The minimum Gasteiger partial charge on any atom is -0.323 e. The Kier molecular flexibility index (Phi) is 4.52. The lowest BCUT2D eigenvalue weighted by atomic mass is 10.2. The highest BCUT2D eigenvalue weighted by atomic mass is 32.2. The molecule has 0 fully saturated rings. The number of hydrogen-bond donors (Lipinski definition) is 1. The fourth-order valence-corrected chi connectivity index (χ4v) is 3.34. The molecule has 0 aliphatic heterocycles. The predicted molar refractivity (Wildman–Crippen MR) is 92.1 cm³/mol. The molecule has 1 N–H and O–H groups in total. The van der Waals surface area contributed by atoms with Crippen LogP contribution >= 0.6 is 11.8 Å². The smallest absolute Gasteiger partial charge is 0.267 e. The Balaban J connectivity index is 1.84. The van der Waals surface area contributed by atoms with Gasteiger partial charge in [0.25, 0.3) is 5.56 Å². The van der Waals surface area contributed by atoms with Crippen molar-refractivity contribution in [3.05, 3.63) is 51.9 Å². The fraction of sp³-hybridized carbons (Fsp3) is 0.353. The van der Waals surface area contributed by atoms with Gasteiger partial charge in [-0.25, -0.2) is 4.68 Å². The van der Waals surface area contributed by atoms with Gasteiger partial charge in [-0.15, -0.1) is 11.8 Å². The van der Waals surface area contributed by atoms with Crippen molar-refractivity contribution in [2.75, 3.05) is 11.6 Å². The van der Waals surface area contributed by atoms with Crippen molar-refractivity contribution < 1.29 is 4.79 Å². The van der Waals surface area contributed by atoms with E-state index in [9.17, 15) is 9.59 Å². The van der Waals surface area contributed by atoms with Crippen molar-refractivity contribution in [1.29, 1.82) is 0 Å². The second kappa shape index (κ2) is 6.58. The number of carbonyl (C=O) groups is 1. The van der Waals surface area contributed by atoms with Gasteiger partial charge in [-0.2, -0.15) is 5.10 Å². The molecule has 0 saturated heterocycles. The zero-order chi connectivity index (χ0) is 16.4. The van der Waals surface area contributed by atoms with Crippen molar-refractivity contribution in [1.82, 2.24) is 9.78 Å². The topological polar surface area (TPSA) is 64.0 Å². The lowest BCUT2D eigenvalue weighted by Gasteiger charge is -2.16. The molecule has 0 saturated carbocycles. The Morgan fingerprint density at radius 1 is 1.35 bits per heavy atom. The second-order valence-corrected chi connectivity index (χ2v) is 6.47. The third-order valence-electron chi connectivity index (χ3n) is 4.09. The van der Waals surface area contributed by atoms with Crippen LogP contribution in [0, 0.1) is 0 Å². The van der Waals surface area contributed by atoms with Crippen molar-refractivity contribution >= 4 is 23.4 Å². The number of hydrogen-bond acceptors (Lipinski definition) is 4. The Morgan fingerprint density at radius 3 is 2.91 bits per heavy atom. The van der Waals surface area contributed by atoms with E-state index in [0.717, 1.165) is 41.1 Å². The number of aryl methyl sites for hydroxylation is 2. The molecule has 6 heteroatoms. The molecule has 1 unspecified atom stereocenters. The van der Waals surface area contributed by atoms with Crippen LogP contribution in [-0.4, -0.2) is 21.9 Å². The standard InChI is InChI=1S/C17H19N3O2S/c1-11(17(22)18-14-7-3-4-9-15(14)23-2)20-16(21)10-12-6-5-8-13(12)19-20/h3-4,7,9-11H,5-6,8H2,1-2H3,(H,18,22). The van der Waals surface area contributed by atoms with E-state index in [-0.39, 0.29) is 11.5 Å². The highest BCUT2D eigenvalue weighted by Gasteiger charge is 2.21. The molecule has 23 heavy (non-hydrogen) atoms. The van der Waals surface area contributed by atoms with E-state index >= 15 is 0 Å². The molecule has 1 atom stereocenters. The summed E-state index contributed by atoms with van der Waals surface area (Å²) in [6.45, 7) is 1.70. The summed E-state index contributed by atoms with van der Waals surface area (Å²) < 4.78 is 1.29. The molecule has 1 heterocycles. The number of thioether (sulfide) groups is 1. The van der Waals surface area contributed by atoms with Crippen molar-refractivity contribution in [3.8, 4) is 0 Å². The molecule has 2 aromatic rings. The fourth-order valence-electron chi connectivity index (χ4n) is 2.79. The van der Waals surface area contributed by atoms with Gasteiger partial charge < -0.3 is 5.32 Å². The Bertz CT molecular complexity index is 801. The molecule has 5 nitrogen and oxygen atoms in total. The van der Waals surface area contributed by atoms with E-state index in [1.165, 1.54) is 4.68 Å². The summed E-state index contributed by atoms with van der Waals surface area (Å²) >= 11 is 1.57. The van der Waals surface area contributed by atoms with E-state index < -0.39 is 6.04 Å². The summed E-state index contributed by atoms with van der Waals surface area (Å²) in [5, 5.41) is 7.29. The first-order valence-corrected chi connectivity index (χ1v) is 8.88. The molecule has 3 rings (SSSR count). The molecular formula is C17H19N3O2S. The number of amides is 1. The summed E-state index contributed by atoms with van der Waals surface area (Å²) in [6, 6.07) is 8.58. The average molecular weight is 329 g/mol. The van der Waals surface area contributed by atoms with Crippen LogP contribution < -0.4 is 10.9 Å². The lowest BCUT2D eigenvalue weighted by Crippen LogP contribution is -2.34. The molecule has 120 valence electrons. The molecule has 1 aliphatic rings. The maximum absolute atomic E-state index is 12.5. The van der Waals surface area contributed by atoms with Gasteiger partial charge >= 0.3 is 0 Å². The van der Waals surface area contributed by atoms with Crippen LogP contribution in [0.3, 0.4) is 0 Å². The van der Waals surface area contributed by atoms with Gasteiger partial charge in [0.15, 0.2) is 0 Å². The van der Waals surface area contributed by atoms with Gasteiger partial charge in [-0.1, -0.05) is 12.1 Å². The van der Waals surface area contributed by atoms with Gasteiger partial charge in [-0.3, -0.25) is 9.59 Å². The van der Waals surface area contributed by atoms with Crippen LogP contribution in [0.15, 0.2) is 40.0 Å². The average Bonchev–Trinajstić information content (AvgIpc) is 3.01. The van der Waals surface area contributed by atoms with Crippen molar-refractivity contribution in [2.45, 2.75) is 37.1 Å². The van der Waals surface area contributed by atoms with Gasteiger partial charge in [-0.05, 0) is 50.1 Å². The number of anilines is 1. The third kappa shape index (κ3) is 3.17. The highest BCUT2D eigenvalue weighted by molar-refractivity contribution is 7.98. The number of aromatic nitrogens is 2. The predicted octanol–water partition coefficient (Wildman–Crippen LogP) is 2.65. The molecule has 1 aliphatic carbocycles. The highest BCUT2D eigenvalue weighted by Crippen LogP contribution is 2.25. The number of nitrogens with one attached hydrogen (secondary N) is 1. The Hall–Kier alpha value is -2.08. The van der Waals surface area contributed by atoms with Crippen LogP contribution in [-0.2, 0) is 17.6 Å². The number of rotatable bonds is 4. The molecule has 0 bridgehead atoms. The van der Waals surface area contributed by atoms with Crippen LogP contribution in [0.1, 0.15) is 30.6 Å². The molecule has 1 aromatic heterocycles. The maximum atomic E-state index is 12.5. The third-order valence-corrected chi connectivity index (χ3v) is 4.89. The number of para-hydroxylation sites is 1. The maximum Gasteiger partial charge on any atom is 0.267 e. The van der Waals surface area contributed by atoms with Gasteiger partial charge in [0.1, 0.15) is 6.04 Å². The molecule has 1 aromatic carbocycles. The minimum absolute atomic E-state index is 0.216. The number of nitrogens with zero attached hydrogens (tertiary/aromatic N) is 2. The number of carbonyl (C=O) groups excluding carboxylic acids is 1. The molecular weight excluding hydrogens is 310 g/mol. The zero-order valence-electron chi connectivity index (χ0n) is 13.2. The van der Waals surface area contributed by atoms with Crippen LogP contribution in [0.25, 0.3) is 0 Å². The first-order chi connectivity index (χ1) is 11.1. The summed E-state index contributed by atoms with van der Waals surface area (Å²) in [6.07, 6.45) is 4.76. The van der Waals surface area contributed by atoms with Crippen molar-refractivity contribution in [3.63, 3.8) is 0 Å². The Labute approximate surface area is 139 Å². The first kappa shape index (κ1) is 15.8. The van der Waals surface area contributed by atoms with Crippen LogP contribution in [0.4, 0.5) is 5.69 Å². The Morgan fingerprint density at radius 2 is 2.13 bits per heavy atom. The first-order valence-electron chi connectivity index (χ1n) is 7.65. The van der Waals surface area contributed by atoms with E-state index in [1.54, 1.807) is 24.8 Å². The van der Waals surface area contributed by atoms with Gasteiger partial charge in [0, 0.05) is 11.0 Å². The monoisotopic (exact) mass is 329 g/mol. The SMILES string of the molecule is CSc1ccccc1NC(=O)C(C)n1nc2c(cc1=O)CCC2. The minimum atomic E-state index is -0.650. The quantitative estimate of drug-likeness (QED) is 0.876. The van der Waals surface area contributed by atoms with Crippen LogP contribution in [0.2, 0.25) is 0 Å². The molecule has 0 radical (unpaired) electrons. The second-order valence-electron chi connectivity index (χ2n) is 5.62. The van der Waals surface area contributed by atoms with E-state index in [1.807, 2.05) is 30.5 Å².